The molecule has 1 aromatic carbocycles. The molecule has 0 heterocycles. The van der Waals surface area contributed by atoms with Crippen molar-refractivity contribution in [2.24, 2.45) is 0 Å². The average molecular weight is 165 g/mol. The van der Waals surface area contributed by atoms with Gasteiger partial charge in [-0.25, -0.2) is 0 Å². The van der Waals surface area contributed by atoms with Gasteiger partial charge in [-0.15, -0.1) is 0 Å². The topological polar surface area (TPSA) is 75.8 Å². The van der Waals surface area contributed by atoms with Crippen molar-refractivity contribution in [3.8, 4) is 5.40 Å². The maximum atomic E-state index is 8.34. The molecular weight excluding hydrogens is 158 g/mol. The zero-order valence-corrected chi connectivity index (χ0v) is 6.56. The van der Waals surface area contributed by atoms with Crippen LogP contribution in [-0.2, 0) is 0 Å². The smallest absolute Gasteiger partial charge is 0.138 e. The minimum Gasteiger partial charge on any atom is -0.399 e. The van der Waals surface area contributed by atoms with Crippen LogP contribution in [0, 0.1) is 10.7 Å². The molecule has 1 aromatic rings. The fourth-order valence-electron chi connectivity index (χ4n) is 0.709. The number of thioether (sulfide) groups is 1. The zero-order chi connectivity index (χ0) is 8.27. The number of rotatable bonds is 1. The highest BCUT2D eigenvalue weighted by molar-refractivity contribution is 8.03. The largest absolute Gasteiger partial charge is 0.399 e. The van der Waals surface area contributed by atoms with Gasteiger partial charge in [-0.2, -0.15) is 5.26 Å². The second-order valence-corrected chi connectivity index (χ2v) is 2.82. The summed E-state index contributed by atoms with van der Waals surface area (Å²) < 4.78 is 0. The van der Waals surface area contributed by atoms with E-state index in [1.165, 1.54) is 0 Å². The van der Waals surface area contributed by atoms with Crippen molar-refractivity contribution in [3.05, 3.63) is 18.2 Å². The molecule has 4 heteroatoms. The van der Waals surface area contributed by atoms with Crippen molar-refractivity contribution in [1.29, 1.82) is 5.26 Å². The number of thiocyanates is 1. The van der Waals surface area contributed by atoms with Crippen molar-refractivity contribution in [2.75, 3.05) is 11.5 Å². The number of anilines is 2. The molecule has 0 aliphatic carbocycles. The number of nitrogen functional groups attached to an aromatic ring is 2. The van der Waals surface area contributed by atoms with Crippen LogP contribution in [0.25, 0.3) is 0 Å². The van der Waals surface area contributed by atoms with Gasteiger partial charge in [-0.3, -0.25) is 0 Å². The third-order valence-electron chi connectivity index (χ3n) is 1.19. The SMILES string of the molecule is N#CSc1ccc(N)cc1N. The Labute approximate surface area is 69.0 Å². The van der Waals surface area contributed by atoms with E-state index in [1.807, 2.05) is 5.40 Å². The molecule has 11 heavy (non-hydrogen) atoms. The Bertz CT molecular complexity index is 303. The van der Waals surface area contributed by atoms with Gasteiger partial charge in [-0.05, 0) is 30.0 Å². The molecule has 0 spiro atoms. The van der Waals surface area contributed by atoms with Crippen LogP contribution in [0.15, 0.2) is 23.1 Å². The van der Waals surface area contributed by atoms with Crippen LogP contribution in [0.2, 0.25) is 0 Å². The van der Waals surface area contributed by atoms with Gasteiger partial charge >= 0.3 is 0 Å². The standard InChI is InChI=1S/C7H7N3S/c8-4-11-7-2-1-5(9)3-6(7)10/h1-3H,9-10H2. The third kappa shape index (κ3) is 1.79. The first-order chi connectivity index (χ1) is 5.24. The highest BCUT2D eigenvalue weighted by Crippen LogP contribution is 2.25. The van der Waals surface area contributed by atoms with Crippen molar-refractivity contribution >= 4 is 23.1 Å². The molecule has 0 unspecified atom stereocenters. The summed E-state index contributed by atoms with van der Waals surface area (Å²) in [4.78, 5) is 0.752. The lowest BCUT2D eigenvalue weighted by Gasteiger charge is -1.99. The molecule has 0 radical (unpaired) electrons. The molecule has 0 amide bonds. The number of hydrogen-bond acceptors (Lipinski definition) is 4. The average Bonchev–Trinajstić information content (AvgIpc) is 1.95. The summed E-state index contributed by atoms with van der Waals surface area (Å²) in [5.74, 6) is 0. The van der Waals surface area contributed by atoms with E-state index in [0.717, 1.165) is 16.7 Å². The molecule has 4 N–H and O–H groups in total. The van der Waals surface area contributed by atoms with Gasteiger partial charge in [0.25, 0.3) is 0 Å². The van der Waals surface area contributed by atoms with Gasteiger partial charge in [0, 0.05) is 16.3 Å². The fraction of sp³-hybridized carbons (Fsp3) is 0. The van der Waals surface area contributed by atoms with Crippen LogP contribution in [-0.4, -0.2) is 0 Å². The van der Waals surface area contributed by atoms with Gasteiger partial charge in [0.1, 0.15) is 5.40 Å². The summed E-state index contributed by atoms with van der Waals surface area (Å²) in [5.41, 5.74) is 12.2. The third-order valence-corrected chi connectivity index (χ3v) is 1.87. The molecule has 56 valence electrons. The molecule has 0 atom stereocenters. The lowest BCUT2D eigenvalue weighted by Crippen LogP contribution is -1.91. The van der Waals surface area contributed by atoms with Crippen LogP contribution >= 0.6 is 11.8 Å². The van der Waals surface area contributed by atoms with Gasteiger partial charge < -0.3 is 11.5 Å². The monoisotopic (exact) mass is 165 g/mol. The second kappa shape index (κ2) is 3.17. The number of nitriles is 1. The number of nitrogens with two attached hydrogens (primary N) is 2. The number of benzene rings is 1. The summed E-state index contributed by atoms with van der Waals surface area (Å²) in [5, 5.41) is 10.3. The first-order valence-corrected chi connectivity index (χ1v) is 3.76. The summed E-state index contributed by atoms with van der Waals surface area (Å²) in [6, 6.07) is 5.09. The molecule has 3 nitrogen and oxygen atoms in total. The first-order valence-electron chi connectivity index (χ1n) is 2.95. The van der Waals surface area contributed by atoms with E-state index in [9.17, 15) is 0 Å². The van der Waals surface area contributed by atoms with Crippen molar-refractivity contribution in [1.82, 2.24) is 0 Å². The van der Waals surface area contributed by atoms with E-state index in [-0.39, 0.29) is 0 Å². The van der Waals surface area contributed by atoms with Crippen LogP contribution in [0.4, 0.5) is 11.4 Å². The van der Waals surface area contributed by atoms with E-state index in [4.69, 9.17) is 16.7 Å². The Balaban J connectivity index is 3.01. The maximum Gasteiger partial charge on any atom is 0.138 e. The van der Waals surface area contributed by atoms with Crippen molar-refractivity contribution in [2.45, 2.75) is 4.90 Å². The maximum absolute atomic E-state index is 8.34. The van der Waals surface area contributed by atoms with Crippen LogP contribution in [0.5, 0.6) is 0 Å². The summed E-state index contributed by atoms with van der Waals surface area (Å²) in [6.07, 6.45) is 0. The Kier molecular flexibility index (Phi) is 2.24. The van der Waals surface area contributed by atoms with Crippen LogP contribution < -0.4 is 11.5 Å². The van der Waals surface area contributed by atoms with E-state index < -0.39 is 0 Å². The minimum atomic E-state index is 0.552. The highest BCUT2D eigenvalue weighted by atomic mass is 32.2. The van der Waals surface area contributed by atoms with Gasteiger partial charge in [0.2, 0.25) is 0 Å². The van der Waals surface area contributed by atoms with E-state index in [1.54, 1.807) is 18.2 Å². The summed E-state index contributed by atoms with van der Waals surface area (Å²) >= 11 is 1.04. The van der Waals surface area contributed by atoms with Gasteiger partial charge in [0.05, 0.1) is 0 Å². The van der Waals surface area contributed by atoms with Crippen molar-refractivity contribution < 1.29 is 0 Å². The Morgan fingerprint density at radius 3 is 2.64 bits per heavy atom. The van der Waals surface area contributed by atoms with E-state index >= 15 is 0 Å². The minimum absolute atomic E-state index is 0.552. The first kappa shape index (κ1) is 7.76. The molecule has 0 fully saturated rings. The van der Waals surface area contributed by atoms with E-state index in [2.05, 4.69) is 0 Å². The molecule has 0 saturated carbocycles. The molecule has 0 aromatic heterocycles. The van der Waals surface area contributed by atoms with Crippen LogP contribution in [0.1, 0.15) is 0 Å². The molecule has 0 bridgehead atoms. The predicted molar refractivity (Wildman–Crippen MR) is 46.7 cm³/mol. The molecular formula is C7H7N3S. The fourth-order valence-corrected chi connectivity index (χ4v) is 1.12. The highest BCUT2D eigenvalue weighted by Gasteiger charge is 1.98. The second-order valence-electron chi connectivity index (χ2n) is 1.99. The van der Waals surface area contributed by atoms with Gasteiger partial charge in [0.15, 0.2) is 0 Å². The quantitative estimate of drug-likeness (QED) is 0.375. The lowest BCUT2D eigenvalue weighted by molar-refractivity contribution is 1.47. The van der Waals surface area contributed by atoms with Crippen molar-refractivity contribution in [3.63, 3.8) is 0 Å². The Morgan fingerprint density at radius 2 is 2.09 bits per heavy atom. The predicted octanol–water partition coefficient (Wildman–Crippen LogP) is 1.42. The molecule has 1 rings (SSSR count). The number of hydrogen-bond donors (Lipinski definition) is 2. The Morgan fingerprint density at radius 1 is 1.36 bits per heavy atom. The molecule has 0 aliphatic heterocycles. The summed E-state index contributed by atoms with van der Waals surface area (Å²) in [7, 11) is 0. The molecule has 0 aliphatic rings. The molecule has 0 saturated heterocycles. The van der Waals surface area contributed by atoms with Crippen LogP contribution in [0.3, 0.4) is 0 Å². The summed E-state index contributed by atoms with van der Waals surface area (Å²) in [6.45, 7) is 0. The number of nitrogens with zero attached hydrogens (tertiary/aromatic N) is 1. The van der Waals surface area contributed by atoms with Gasteiger partial charge in [-0.1, -0.05) is 0 Å². The normalized spacial score (nSPS) is 9.00. The lowest BCUT2D eigenvalue weighted by atomic mass is 10.3. The zero-order valence-electron chi connectivity index (χ0n) is 5.74. The van der Waals surface area contributed by atoms with E-state index in [0.29, 0.717) is 11.4 Å². The Hall–Kier alpha value is -1.34.